The molecule has 4 nitrogen and oxygen atoms in total. The van der Waals surface area contributed by atoms with E-state index in [4.69, 9.17) is 16.3 Å². The number of hydrogen-bond acceptors (Lipinski definition) is 2. The Bertz CT molecular complexity index is 742. The molecule has 0 bridgehead atoms. The van der Waals surface area contributed by atoms with E-state index in [-0.39, 0.29) is 11.9 Å². The number of amides is 1. The van der Waals surface area contributed by atoms with Crippen LogP contribution in [0.25, 0.3) is 0 Å². The number of rotatable bonds is 7. The molecular weight excluding hydrogens is 360 g/mol. The van der Waals surface area contributed by atoms with Gasteiger partial charge in [0.05, 0.1) is 33.2 Å². The van der Waals surface area contributed by atoms with Crippen LogP contribution in [0.15, 0.2) is 48.5 Å². The van der Waals surface area contributed by atoms with E-state index in [1.807, 2.05) is 36.4 Å². The number of carbonyl (C=O) groups excluding carboxylic acids is 1. The van der Waals surface area contributed by atoms with Crippen LogP contribution in [0.5, 0.6) is 5.75 Å². The van der Waals surface area contributed by atoms with Crippen LogP contribution < -0.4 is 15.0 Å². The smallest absolute Gasteiger partial charge is 0.224 e. The van der Waals surface area contributed by atoms with Crippen LogP contribution in [0.3, 0.4) is 0 Å². The average Bonchev–Trinajstić information content (AvgIpc) is 2.71. The molecule has 0 spiro atoms. The number of nitrogens with one attached hydrogen (secondary N) is 2. The summed E-state index contributed by atoms with van der Waals surface area (Å²) >= 11 is 6.18. The predicted molar refractivity (Wildman–Crippen MR) is 108 cm³/mol. The fourth-order valence-electron chi connectivity index (χ4n) is 3.78. The zero-order valence-corrected chi connectivity index (χ0v) is 16.6. The van der Waals surface area contributed by atoms with Crippen molar-refractivity contribution < 1.29 is 14.4 Å². The summed E-state index contributed by atoms with van der Waals surface area (Å²) < 4.78 is 5.28. The van der Waals surface area contributed by atoms with Crippen LogP contribution in [0, 0.1) is 0 Å². The van der Waals surface area contributed by atoms with Crippen LogP contribution in [-0.4, -0.2) is 32.7 Å². The van der Waals surface area contributed by atoms with Crippen LogP contribution in [-0.2, 0) is 11.2 Å². The summed E-state index contributed by atoms with van der Waals surface area (Å²) in [7, 11) is 1.68. The lowest BCUT2D eigenvalue weighted by Crippen LogP contribution is -3.13. The Morgan fingerprint density at radius 1 is 1.11 bits per heavy atom. The summed E-state index contributed by atoms with van der Waals surface area (Å²) in [5, 5.41) is 3.77. The molecule has 0 aliphatic carbocycles. The van der Waals surface area contributed by atoms with Crippen molar-refractivity contribution in [3.63, 3.8) is 0 Å². The lowest BCUT2D eigenvalue weighted by atomic mass is 10.0. The Hall–Kier alpha value is -2.04. The Morgan fingerprint density at radius 3 is 2.48 bits per heavy atom. The first-order chi connectivity index (χ1) is 13.2. The largest absolute Gasteiger partial charge is 0.497 e. The van der Waals surface area contributed by atoms with Crippen molar-refractivity contribution in [2.24, 2.45) is 0 Å². The quantitative estimate of drug-likeness (QED) is 0.767. The van der Waals surface area contributed by atoms with Gasteiger partial charge in [0, 0.05) is 10.6 Å². The third-order valence-corrected chi connectivity index (χ3v) is 5.69. The molecule has 1 atom stereocenters. The van der Waals surface area contributed by atoms with Crippen LogP contribution in [0.4, 0.5) is 0 Å². The second kappa shape index (κ2) is 9.77. The zero-order chi connectivity index (χ0) is 19.1. The van der Waals surface area contributed by atoms with Crippen LogP contribution in [0.2, 0.25) is 5.02 Å². The molecular formula is C22H28ClN2O2+. The van der Waals surface area contributed by atoms with E-state index in [1.54, 1.807) is 12.0 Å². The number of likely N-dealkylation sites (tertiary alicyclic amines) is 1. The molecule has 2 aromatic carbocycles. The van der Waals surface area contributed by atoms with Gasteiger partial charge in [-0.2, -0.15) is 0 Å². The minimum atomic E-state index is 0.0121. The van der Waals surface area contributed by atoms with E-state index in [1.165, 1.54) is 24.8 Å². The number of ether oxygens (including phenoxy) is 1. The van der Waals surface area contributed by atoms with E-state index in [9.17, 15) is 4.79 Å². The SMILES string of the molecule is COc1ccc([C@H](CNC(=O)Cc2ccccc2Cl)[NH+]2CCCCC2)cc1. The maximum Gasteiger partial charge on any atom is 0.224 e. The van der Waals surface area contributed by atoms with Crippen LogP contribution >= 0.6 is 11.6 Å². The van der Waals surface area contributed by atoms with E-state index >= 15 is 0 Å². The van der Waals surface area contributed by atoms with Gasteiger partial charge in [-0.25, -0.2) is 0 Å². The third-order valence-electron chi connectivity index (χ3n) is 5.32. The second-order valence-electron chi connectivity index (χ2n) is 7.12. The topological polar surface area (TPSA) is 42.8 Å². The van der Waals surface area contributed by atoms with Crippen molar-refractivity contribution in [1.82, 2.24) is 5.32 Å². The van der Waals surface area contributed by atoms with Crippen molar-refractivity contribution in [2.45, 2.75) is 31.7 Å². The molecule has 3 rings (SSSR count). The Labute approximate surface area is 166 Å². The predicted octanol–water partition coefficient (Wildman–Crippen LogP) is 2.82. The van der Waals surface area contributed by atoms with Crippen molar-refractivity contribution in [1.29, 1.82) is 0 Å². The van der Waals surface area contributed by atoms with Gasteiger partial charge in [-0.15, -0.1) is 0 Å². The van der Waals surface area contributed by atoms with Crippen molar-refractivity contribution in [3.8, 4) is 5.75 Å². The average molecular weight is 388 g/mol. The summed E-state index contributed by atoms with van der Waals surface area (Å²) in [5.41, 5.74) is 2.11. The molecule has 1 fully saturated rings. The number of carbonyl (C=O) groups is 1. The van der Waals surface area contributed by atoms with Gasteiger partial charge < -0.3 is 15.0 Å². The summed E-state index contributed by atoms with van der Waals surface area (Å²) in [6.45, 7) is 2.93. The number of piperidine rings is 1. The number of methoxy groups -OCH3 is 1. The summed E-state index contributed by atoms with van der Waals surface area (Å²) in [5.74, 6) is 0.868. The van der Waals surface area contributed by atoms with Gasteiger partial charge in [-0.1, -0.05) is 29.8 Å². The lowest BCUT2D eigenvalue weighted by molar-refractivity contribution is -0.935. The van der Waals surface area contributed by atoms with Gasteiger partial charge in [0.1, 0.15) is 11.8 Å². The molecule has 1 heterocycles. The first-order valence-corrected chi connectivity index (χ1v) is 10.0. The molecule has 0 radical (unpaired) electrons. The minimum absolute atomic E-state index is 0.0121. The Kier molecular flexibility index (Phi) is 7.13. The van der Waals surface area contributed by atoms with Crippen molar-refractivity contribution in [3.05, 3.63) is 64.7 Å². The molecule has 1 amide bonds. The highest BCUT2D eigenvalue weighted by atomic mass is 35.5. The van der Waals surface area contributed by atoms with Gasteiger partial charge in [0.2, 0.25) is 5.91 Å². The molecule has 27 heavy (non-hydrogen) atoms. The number of hydrogen-bond donors (Lipinski definition) is 2. The van der Waals surface area contributed by atoms with Gasteiger partial charge >= 0.3 is 0 Å². The fraction of sp³-hybridized carbons (Fsp3) is 0.409. The highest BCUT2D eigenvalue weighted by molar-refractivity contribution is 6.31. The molecule has 1 aliphatic heterocycles. The highest BCUT2D eigenvalue weighted by Crippen LogP contribution is 2.17. The molecule has 2 aromatic rings. The van der Waals surface area contributed by atoms with Gasteiger partial charge in [0.25, 0.3) is 0 Å². The van der Waals surface area contributed by atoms with Crippen LogP contribution in [0.1, 0.15) is 36.4 Å². The summed E-state index contributed by atoms with van der Waals surface area (Å²) in [6.07, 6.45) is 4.10. The molecule has 5 heteroatoms. The second-order valence-corrected chi connectivity index (χ2v) is 7.52. The number of benzene rings is 2. The first kappa shape index (κ1) is 19.7. The molecule has 144 valence electrons. The normalized spacial score (nSPS) is 15.9. The fourth-order valence-corrected chi connectivity index (χ4v) is 3.98. The third kappa shape index (κ3) is 5.47. The summed E-state index contributed by atoms with van der Waals surface area (Å²) in [6, 6.07) is 16.0. The van der Waals surface area contributed by atoms with E-state index in [2.05, 4.69) is 17.4 Å². The van der Waals surface area contributed by atoms with Gasteiger partial charge in [-0.3, -0.25) is 4.79 Å². The van der Waals surface area contributed by atoms with Gasteiger partial charge in [0.15, 0.2) is 0 Å². The molecule has 2 N–H and O–H groups in total. The molecule has 1 aliphatic rings. The maximum absolute atomic E-state index is 12.5. The van der Waals surface area contributed by atoms with E-state index < -0.39 is 0 Å². The number of quaternary nitrogens is 1. The van der Waals surface area contributed by atoms with E-state index in [0.29, 0.717) is 18.0 Å². The number of halogens is 1. The maximum atomic E-state index is 12.5. The molecule has 0 aromatic heterocycles. The first-order valence-electron chi connectivity index (χ1n) is 9.66. The highest BCUT2D eigenvalue weighted by Gasteiger charge is 2.26. The minimum Gasteiger partial charge on any atom is -0.497 e. The Morgan fingerprint density at radius 2 is 1.81 bits per heavy atom. The standard InChI is InChI=1S/C22H27ClN2O2/c1-27-19-11-9-17(10-12-19)21(25-13-5-2-6-14-25)16-24-22(26)15-18-7-3-4-8-20(18)23/h3-4,7-12,21H,2,5-6,13-16H2,1H3,(H,24,26)/p+1/t21-/m0/s1. The molecule has 0 saturated carbocycles. The van der Waals surface area contributed by atoms with Crippen molar-refractivity contribution in [2.75, 3.05) is 26.7 Å². The lowest BCUT2D eigenvalue weighted by Gasteiger charge is -2.32. The van der Waals surface area contributed by atoms with E-state index in [0.717, 1.165) is 24.4 Å². The zero-order valence-electron chi connectivity index (χ0n) is 15.8. The molecule has 1 saturated heterocycles. The summed E-state index contributed by atoms with van der Waals surface area (Å²) in [4.78, 5) is 14.0. The van der Waals surface area contributed by atoms with Crippen molar-refractivity contribution >= 4 is 17.5 Å². The van der Waals surface area contributed by atoms with Gasteiger partial charge in [-0.05, 0) is 55.2 Å². The molecule has 0 unspecified atom stereocenters. The monoisotopic (exact) mass is 387 g/mol. The Balaban J connectivity index is 1.67.